The Labute approximate surface area is 141 Å². The lowest BCUT2D eigenvalue weighted by atomic mass is 10.2. The molecular formula is C17H20N2O4S. The van der Waals surface area contributed by atoms with E-state index in [1.54, 1.807) is 36.4 Å². The number of anilines is 2. The van der Waals surface area contributed by atoms with Crippen molar-refractivity contribution in [2.24, 2.45) is 0 Å². The van der Waals surface area contributed by atoms with E-state index in [-0.39, 0.29) is 12.0 Å². The molecule has 24 heavy (non-hydrogen) atoms. The molecule has 0 heterocycles. The molecule has 1 amide bonds. The van der Waals surface area contributed by atoms with Gasteiger partial charge < -0.3 is 10.1 Å². The minimum Gasteiger partial charge on any atom is -0.489 e. The first-order chi connectivity index (χ1) is 11.2. The van der Waals surface area contributed by atoms with Crippen LogP contribution in [0.4, 0.5) is 11.4 Å². The summed E-state index contributed by atoms with van der Waals surface area (Å²) in [4.78, 5) is 12.4. The SMILES string of the molecule is CC(C)Oc1ccccc1NC(=O)c1cccc(NS(C)(=O)=O)c1. The highest BCUT2D eigenvalue weighted by molar-refractivity contribution is 7.92. The van der Waals surface area contributed by atoms with E-state index in [4.69, 9.17) is 4.74 Å². The molecule has 0 spiro atoms. The van der Waals surface area contributed by atoms with Crippen LogP contribution in [0.15, 0.2) is 48.5 Å². The van der Waals surface area contributed by atoms with E-state index in [0.29, 0.717) is 22.7 Å². The van der Waals surface area contributed by atoms with Gasteiger partial charge in [0.1, 0.15) is 5.75 Å². The van der Waals surface area contributed by atoms with Gasteiger partial charge in [-0.2, -0.15) is 0 Å². The second kappa shape index (κ2) is 7.35. The Hall–Kier alpha value is -2.54. The minimum atomic E-state index is -3.40. The van der Waals surface area contributed by atoms with Crippen molar-refractivity contribution < 1.29 is 17.9 Å². The Morgan fingerprint density at radius 1 is 1.08 bits per heavy atom. The molecule has 2 aromatic carbocycles. The third-order valence-corrected chi connectivity index (χ3v) is 3.53. The quantitative estimate of drug-likeness (QED) is 0.840. The average molecular weight is 348 g/mol. The fourth-order valence-corrected chi connectivity index (χ4v) is 2.61. The Morgan fingerprint density at radius 3 is 2.46 bits per heavy atom. The normalized spacial score (nSPS) is 11.2. The molecule has 6 nitrogen and oxygen atoms in total. The van der Waals surface area contributed by atoms with Gasteiger partial charge in [-0.25, -0.2) is 8.42 Å². The van der Waals surface area contributed by atoms with Crippen LogP contribution in [0.25, 0.3) is 0 Å². The summed E-state index contributed by atoms with van der Waals surface area (Å²) in [6.07, 6.45) is 1.03. The van der Waals surface area contributed by atoms with Crippen molar-refractivity contribution in [1.82, 2.24) is 0 Å². The predicted molar refractivity (Wildman–Crippen MR) is 95.1 cm³/mol. The average Bonchev–Trinajstić information content (AvgIpc) is 2.47. The zero-order valence-electron chi connectivity index (χ0n) is 13.7. The van der Waals surface area contributed by atoms with Gasteiger partial charge in [-0.15, -0.1) is 0 Å². The molecule has 0 unspecified atom stereocenters. The van der Waals surface area contributed by atoms with Crippen LogP contribution in [0.2, 0.25) is 0 Å². The lowest BCUT2D eigenvalue weighted by molar-refractivity contribution is 0.102. The van der Waals surface area contributed by atoms with Gasteiger partial charge in [-0.1, -0.05) is 18.2 Å². The van der Waals surface area contributed by atoms with Crippen molar-refractivity contribution in [3.63, 3.8) is 0 Å². The predicted octanol–water partition coefficient (Wildman–Crippen LogP) is 3.10. The van der Waals surface area contributed by atoms with E-state index in [1.165, 1.54) is 6.07 Å². The fraction of sp³-hybridized carbons (Fsp3) is 0.235. The zero-order valence-corrected chi connectivity index (χ0v) is 14.6. The van der Waals surface area contributed by atoms with Gasteiger partial charge in [0.2, 0.25) is 10.0 Å². The van der Waals surface area contributed by atoms with Crippen molar-refractivity contribution in [3.05, 3.63) is 54.1 Å². The summed E-state index contributed by atoms with van der Waals surface area (Å²) in [5.41, 5.74) is 1.22. The molecule has 0 aromatic heterocycles. The smallest absolute Gasteiger partial charge is 0.255 e. The molecule has 128 valence electrons. The Morgan fingerprint density at radius 2 is 1.79 bits per heavy atom. The van der Waals surface area contributed by atoms with Gasteiger partial charge in [-0.3, -0.25) is 9.52 Å². The number of amides is 1. The Bertz CT molecular complexity index is 832. The molecule has 0 saturated carbocycles. The minimum absolute atomic E-state index is 0.0228. The second-order valence-electron chi connectivity index (χ2n) is 5.57. The number of para-hydroxylation sites is 2. The van der Waals surface area contributed by atoms with Crippen LogP contribution < -0.4 is 14.8 Å². The highest BCUT2D eigenvalue weighted by Gasteiger charge is 2.12. The molecule has 7 heteroatoms. The summed E-state index contributed by atoms with van der Waals surface area (Å²) in [6, 6.07) is 13.4. The van der Waals surface area contributed by atoms with Crippen LogP contribution in [0.1, 0.15) is 24.2 Å². The highest BCUT2D eigenvalue weighted by Crippen LogP contribution is 2.25. The highest BCUT2D eigenvalue weighted by atomic mass is 32.2. The first-order valence-electron chi connectivity index (χ1n) is 7.39. The standard InChI is InChI=1S/C17H20N2O4S/c1-12(2)23-16-10-5-4-9-15(16)18-17(20)13-7-6-8-14(11-13)19-24(3,21)22/h4-12,19H,1-3H3,(H,18,20). The summed E-state index contributed by atoms with van der Waals surface area (Å²) < 4.78 is 30.6. The number of benzene rings is 2. The number of carbonyl (C=O) groups excluding carboxylic acids is 1. The van der Waals surface area contributed by atoms with Crippen molar-refractivity contribution >= 4 is 27.3 Å². The van der Waals surface area contributed by atoms with Crippen LogP contribution in [-0.4, -0.2) is 26.7 Å². The molecule has 0 aliphatic heterocycles. The third-order valence-electron chi connectivity index (χ3n) is 2.93. The van der Waals surface area contributed by atoms with E-state index < -0.39 is 10.0 Å². The van der Waals surface area contributed by atoms with Gasteiger partial charge in [0.15, 0.2) is 0 Å². The largest absolute Gasteiger partial charge is 0.489 e. The molecule has 2 aromatic rings. The van der Waals surface area contributed by atoms with Crippen LogP contribution in [0, 0.1) is 0 Å². The van der Waals surface area contributed by atoms with E-state index in [9.17, 15) is 13.2 Å². The van der Waals surface area contributed by atoms with Gasteiger partial charge in [0.05, 0.1) is 18.0 Å². The van der Waals surface area contributed by atoms with Gasteiger partial charge in [0.25, 0.3) is 5.91 Å². The van der Waals surface area contributed by atoms with Crippen molar-refractivity contribution in [2.45, 2.75) is 20.0 Å². The van der Waals surface area contributed by atoms with Crippen LogP contribution in [-0.2, 0) is 10.0 Å². The molecule has 2 N–H and O–H groups in total. The maximum atomic E-state index is 12.4. The van der Waals surface area contributed by atoms with E-state index in [1.807, 2.05) is 19.9 Å². The molecule has 2 rings (SSSR count). The number of carbonyl (C=O) groups is 1. The number of hydrogen-bond donors (Lipinski definition) is 2. The van der Waals surface area contributed by atoms with Crippen molar-refractivity contribution in [3.8, 4) is 5.75 Å². The maximum absolute atomic E-state index is 12.4. The topological polar surface area (TPSA) is 84.5 Å². The van der Waals surface area contributed by atoms with E-state index in [2.05, 4.69) is 10.0 Å². The van der Waals surface area contributed by atoms with Crippen LogP contribution in [0.5, 0.6) is 5.75 Å². The summed E-state index contributed by atoms with van der Waals surface area (Å²) in [6.45, 7) is 3.80. The molecule has 0 bridgehead atoms. The molecular weight excluding hydrogens is 328 g/mol. The number of hydrogen-bond acceptors (Lipinski definition) is 4. The zero-order chi connectivity index (χ0) is 17.7. The Kier molecular flexibility index (Phi) is 5.46. The second-order valence-corrected chi connectivity index (χ2v) is 7.32. The first kappa shape index (κ1) is 17.8. The number of ether oxygens (including phenoxy) is 1. The van der Waals surface area contributed by atoms with E-state index in [0.717, 1.165) is 6.26 Å². The number of nitrogens with one attached hydrogen (secondary N) is 2. The molecule has 0 fully saturated rings. The summed E-state index contributed by atoms with van der Waals surface area (Å²) >= 11 is 0. The maximum Gasteiger partial charge on any atom is 0.255 e. The third kappa shape index (κ3) is 5.27. The summed E-state index contributed by atoms with van der Waals surface area (Å²) in [7, 11) is -3.40. The van der Waals surface area contributed by atoms with Crippen LogP contribution >= 0.6 is 0 Å². The molecule has 0 atom stereocenters. The van der Waals surface area contributed by atoms with Gasteiger partial charge in [0, 0.05) is 11.3 Å². The first-order valence-corrected chi connectivity index (χ1v) is 9.28. The lowest BCUT2D eigenvalue weighted by Gasteiger charge is -2.15. The van der Waals surface area contributed by atoms with Crippen molar-refractivity contribution in [1.29, 1.82) is 0 Å². The molecule has 0 radical (unpaired) electrons. The summed E-state index contributed by atoms with van der Waals surface area (Å²) in [5, 5.41) is 2.78. The van der Waals surface area contributed by atoms with Crippen LogP contribution in [0.3, 0.4) is 0 Å². The van der Waals surface area contributed by atoms with Gasteiger partial charge >= 0.3 is 0 Å². The Balaban J connectivity index is 2.20. The van der Waals surface area contributed by atoms with E-state index >= 15 is 0 Å². The molecule has 0 aliphatic carbocycles. The number of rotatable bonds is 6. The monoisotopic (exact) mass is 348 g/mol. The fourth-order valence-electron chi connectivity index (χ4n) is 2.06. The van der Waals surface area contributed by atoms with Gasteiger partial charge in [-0.05, 0) is 44.2 Å². The summed E-state index contributed by atoms with van der Waals surface area (Å²) in [5.74, 6) is 0.221. The molecule has 0 saturated heterocycles. The number of sulfonamides is 1. The lowest BCUT2D eigenvalue weighted by Crippen LogP contribution is -2.15. The molecule has 0 aliphatic rings. The van der Waals surface area contributed by atoms with Crippen molar-refractivity contribution in [2.75, 3.05) is 16.3 Å².